The van der Waals surface area contributed by atoms with Gasteiger partial charge in [-0.25, -0.2) is 0 Å². The molecule has 1 amide bonds. The first-order chi connectivity index (χ1) is 13.2. The molecular formula is C21H33N5O. The summed E-state index contributed by atoms with van der Waals surface area (Å²) in [6.07, 6.45) is 5.98. The van der Waals surface area contributed by atoms with Crippen molar-refractivity contribution in [3.05, 3.63) is 35.4 Å². The van der Waals surface area contributed by atoms with E-state index in [0.717, 1.165) is 30.5 Å². The average molecular weight is 372 g/mol. The number of hydrogen-bond acceptors (Lipinski definition) is 3. The summed E-state index contributed by atoms with van der Waals surface area (Å²) in [7, 11) is 1.66. The summed E-state index contributed by atoms with van der Waals surface area (Å²) < 4.78 is 0. The van der Waals surface area contributed by atoms with Crippen LogP contribution in [0.1, 0.15) is 48.5 Å². The summed E-state index contributed by atoms with van der Waals surface area (Å²) in [5.74, 6) is 0.859. The number of carbonyl (C=O) groups is 1. The zero-order valence-corrected chi connectivity index (χ0v) is 16.6. The van der Waals surface area contributed by atoms with E-state index in [-0.39, 0.29) is 5.91 Å². The average Bonchev–Trinajstić information content (AvgIpc) is 3.53. The lowest BCUT2D eigenvalue weighted by Gasteiger charge is -2.33. The minimum atomic E-state index is -0.0482. The van der Waals surface area contributed by atoms with Gasteiger partial charge in [0.05, 0.1) is 0 Å². The molecule has 1 heterocycles. The van der Waals surface area contributed by atoms with Crippen molar-refractivity contribution >= 4 is 11.9 Å². The normalized spacial score (nSPS) is 19.0. The summed E-state index contributed by atoms with van der Waals surface area (Å²) in [5, 5.41) is 9.64. The molecule has 3 rings (SSSR count). The molecule has 0 radical (unpaired) electrons. The number of hydrogen-bond donors (Lipinski definition) is 3. The van der Waals surface area contributed by atoms with Crippen LogP contribution in [0.3, 0.4) is 0 Å². The van der Waals surface area contributed by atoms with Crippen molar-refractivity contribution in [1.82, 2.24) is 20.9 Å². The largest absolute Gasteiger partial charge is 0.357 e. The first-order valence-electron chi connectivity index (χ1n) is 10.3. The third-order valence-electron chi connectivity index (χ3n) is 5.36. The second-order valence-corrected chi connectivity index (χ2v) is 7.48. The first-order valence-corrected chi connectivity index (χ1v) is 10.3. The molecule has 2 aliphatic rings. The predicted molar refractivity (Wildman–Crippen MR) is 110 cm³/mol. The number of carbonyl (C=O) groups excluding carboxylic acids is 1. The molecule has 1 saturated carbocycles. The summed E-state index contributed by atoms with van der Waals surface area (Å²) in [5.41, 5.74) is 1.83. The minimum absolute atomic E-state index is 0.0482. The Hall–Kier alpha value is -2.08. The molecule has 1 aliphatic carbocycles. The Morgan fingerprint density at radius 3 is 2.67 bits per heavy atom. The Labute approximate surface area is 162 Å². The van der Waals surface area contributed by atoms with Gasteiger partial charge in [-0.1, -0.05) is 12.1 Å². The monoisotopic (exact) mass is 371 g/mol. The Balaban J connectivity index is 1.49. The van der Waals surface area contributed by atoms with Crippen LogP contribution in [0.15, 0.2) is 29.3 Å². The van der Waals surface area contributed by atoms with Crippen molar-refractivity contribution in [3.63, 3.8) is 0 Å². The third-order valence-corrected chi connectivity index (χ3v) is 5.36. The van der Waals surface area contributed by atoms with Crippen LogP contribution in [0, 0.1) is 0 Å². The molecule has 6 heteroatoms. The molecule has 3 N–H and O–H groups in total. The van der Waals surface area contributed by atoms with Crippen molar-refractivity contribution in [2.24, 2.45) is 4.99 Å². The molecule has 1 saturated heterocycles. The molecule has 0 aromatic heterocycles. The van der Waals surface area contributed by atoms with Gasteiger partial charge >= 0.3 is 0 Å². The molecular weight excluding hydrogens is 338 g/mol. The molecule has 6 nitrogen and oxygen atoms in total. The molecule has 1 aromatic carbocycles. The molecule has 27 heavy (non-hydrogen) atoms. The number of piperidine rings is 1. The number of amides is 1. The van der Waals surface area contributed by atoms with E-state index in [9.17, 15) is 4.79 Å². The maximum atomic E-state index is 11.8. The first kappa shape index (κ1) is 19.7. The highest BCUT2D eigenvalue weighted by Gasteiger charge is 2.31. The molecule has 0 unspecified atom stereocenters. The summed E-state index contributed by atoms with van der Waals surface area (Å²) in [6, 6.07) is 9.15. The Kier molecular flexibility index (Phi) is 7.10. The van der Waals surface area contributed by atoms with Crippen LogP contribution in [0.25, 0.3) is 0 Å². The molecule has 1 aromatic rings. The van der Waals surface area contributed by atoms with Crippen LogP contribution in [-0.4, -0.2) is 62.1 Å². The smallest absolute Gasteiger partial charge is 0.251 e. The van der Waals surface area contributed by atoms with E-state index in [0.29, 0.717) is 18.2 Å². The lowest BCUT2D eigenvalue weighted by atomic mass is 10.1. The lowest BCUT2D eigenvalue weighted by molar-refractivity contribution is 0.0963. The van der Waals surface area contributed by atoms with Crippen LogP contribution in [0.2, 0.25) is 0 Å². The van der Waals surface area contributed by atoms with E-state index in [2.05, 4.69) is 33.8 Å². The second-order valence-electron chi connectivity index (χ2n) is 7.48. The fourth-order valence-corrected chi connectivity index (χ4v) is 3.67. The Bertz CT molecular complexity index is 648. The highest BCUT2D eigenvalue weighted by atomic mass is 16.1. The summed E-state index contributed by atoms with van der Waals surface area (Å²) in [4.78, 5) is 19.1. The quantitative estimate of drug-likeness (QED) is 0.505. The zero-order chi connectivity index (χ0) is 19.1. The number of rotatable bonds is 7. The number of nitrogens with one attached hydrogen (secondary N) is 3. The van der Waals surface area contributed by atoms with Crippen LogP contribution < -0.4 is 16.0 Å². The highest BCUT2D eigenvalue weighted by molar-refractivity contribution is 5.94. The number of likely N-dealkylation sites (tertiary alicyclic amines) is 1. The lowest BCUT2D eigenvalue weighted by Crippen LogP contribution is -2.49. The van der Waals surface area contributed by atoms with Gasteiger partial charge in [0.1, 0.15) is 0 Å². The fraction of sp³-hybridized carbons (Fsp3) is 0.619. The number of aliphatic imine (C=N–C) groups is 1. The van der Waals surface area contributed by atoms with Crippen molar-refractivity contribution < 1.29 is 4.79 Å². The van der Waals surface area contributed by atoms with Gasteiger partial charge in [-0.3, -0.25) is 9.79 Å². The van der Waals surface area contributed by atoms with E-state index in [1.807, 2.05) is 18.2 Å². The van der Waals surface area contributed by atoms with Gasteiger partial charge in [-0.15, -0.1) is 0 Å². The van der Waals surface area contributed by atoms with Crippen molar-refractivity contribution in [2.75, 3.05) is 33.2 Å². The number of benzene rings is 1. The van der Waals surface area contributed by atoms with E-state index in [1.165, 1.54) is 38.8 Å². The number of nitrogens with zero attached hydrogens (tertiary/aromatic N) is 2. The van der Waals surface area contributed by atoms with Crippen molar-refractivity contribution in [3.8, 4) is 0 Å². The third kappa shape index (κ3) is 5.96. The summed E-state index contributed by atoms with van der Waals surface area (Å²) >= 11 is 0. The minimum Gasteiger partial charge on any atom is -0.357 e. The van der Waals surface area contributed by atoms with Crippen LogP contribution in [0.5, 0.6) is 0 Å². The van der Waals surface area contributed by atoms with Crippen molar-refractivity contribution in [1.29, 1.82) is 0 Å². The molecule has 148 valence electrons. The van der Waals surface area contributed by atoms with Crippen molar-refractivity contribution in [2.45, 2.75) is 51.1 Å². The van der Waals surface area contributed by atoms with Gasteiger partial charge in [0, 0.05) is 50.9 Å². The van der Waals surface area contributed by atoms with Gasteiger partial charge in [-0.05, 0) is 56.7 Å². The second kappa shape index (κ2) is 9.74. The van der Waals surface area contributed by atoms with Gasteiger partial charge in [0.2, 0.25) is 0 Å². The van der Waals surface area contributed by atoms with Gasteiger partial charge < -0.3 is 20.9 Å². The van der Waals surface area contributed by atoms with E-state index in [4.69, 9.17) is 4.99 Å². The standard InChI is InChI=1S/C21H33N5O/c1-3-23-21(25-18-10-13-26(14-11-18)19-7-8-19)24-12-9-16-5-4-6-17(15-16)20(27)22-2/h4-6,15,18-19H,3,7-14H2,1-2H3,(H,22,27)(H2,23,24,25). The number of guanidine groups is 1. The highest BCUT2D eigenvalue weighted by Crippen LogP contribution is 2.29. The maximum Gasteiger partial charge on any atom is 0.251 e. The van der Waals surface area contributed by atoms with Gasteiger partial charge in [0.25, 0.3) is 5.91 Å². The summed E-state index contributed by atoms with van der Waals surface area (Å²) in [6.45, 7) is 6.06. The molecule has 2 fully saturated rings. The van der Waals surface area contributed by atoms with E-state index in [1.54, 1.807) is 7.05 Å². The zero-order valence-electron chi connectivity index (χ0n) is 16.6. The van der Waals surface area contributed by atoms with Crippen LogP contribution in [0.4, 0.5) is 0 Å². The van der Waals surface area contributed by atoms with Crippen LogP contribution in [-0.2, 0) is 6.42 Å². The Morgan fingerprint density at radius 2 is 2.00 bits per heavy atom. The topological polar surface area (TPSA) is 68.8 Å². The Morgan fingerprint density at radius 1 is 1.22 bits per heavy atom. The molecule has 0 spiro atoms. The van der Waals surface area contributed by atoms with E-state index < -0.39 is 0 Å². The van der Waals surface area contributed by atoms with E-state index >= 15 is 0 Å². The van der Waals surface area contributed by atoms with Crippen LogP contribution >= 0.6 is 0 Å². The molecule has 0 bridgehead atoms. The van der Waals surface area contributed by atoms with Gasteiger partial charge in [-0.2, -0.15) is 0 Å². The SMILES string of the molecule is CCNC(=NCCc1cccc(C(=O)NC)c1)NC1CCN(C2CC2)CC1. The maximum absolute atomic E-state index is 11.8. The predicted octanol–water partition coefficient (Wildman–Crippen LogP) is 1.77. The van der Waals surface area contributed by atoms with Gasteiger partial charge in [0.15, 0.2) is 5.96 Å². The molecule has 0 atom stereocenters. The fourth-order valence-electron chi connectivity index (χ4n) is 3.67. The molecule has 1 aliphatic heterocycles.